The second-order valence-corrected chi connectivity index (χ2v) is 7.25. The summed E-state index contributed by atoms with van der Waals surface area (Å²) in [6, 6.07) is 33.7. The van der Waals surface area contributed by atoms with Crippen molar-refractivity contribution in [2.45, 2.75) is 0 Å². The third-order valence-electron chi connectivity index (χ3n) is 5.50. The Morgan fingerprint density at radius 1 is 0.586 bits per heavy atom. The van der Waals surface area contributed by atoms with Crippen LogP contribution in [0.3, 0.4) is 0 Å². The van der Waals surface area contributed by atoms with E-state index in [2.05, 4.69) is 106 Å². The summed E-state index contributed by atoms with van der Waals surface area (Å²) in [7, 11) is 0. The van der Waals surface area contributed by atoms with Crippen molar-refractivity contribution in [2.75, 3.05) is 0 Å². The summed E-state index contributed by atoms with van der Waals surface area (Å²) in [5.74, 6) is 0. The van der Waals surface area contributed by atoms with E-state index in [0.717, 1.165) is 33.4 Å². The van der Waals surface area contributed by atoms with E-state index >= 15 is 0 Å². The lowest BCUT2D eigenvalue weighted by Gasteiger charge is -2.08. The number of benzene rings is 4. The van der Waals surface area contributed by atoms with Gasteiger partial charge in [0.1, 0.15) is 0 Å². The predicted octanol–water partition coefficient (Wildman–Crippen LogP) is 6.39. The number of nitrogens with zero attached hydrogens (tertiary/aromatic N) is 3. The number of aromatic nitrogens is 3. The molecule has 136 valence electrons. The van der Waals surface area contributed by atoms with Crippen LogP contribution in [-0.2, 0) is 0 Å². The van der Waals surface area contributed by atoms with Crippen molar-refractivity contribution in [2.24, 2.45) is 0 Å². The molecule has 0 aliphatic rings. The quantitative estimate of drug-likeness (QED) is 0.330. The van der Waals surface area contributed by atoms with Crippen LogP contribution in [0.1, 0.15) is 0 Å². The molecule has 29 heavy (non-hydrogen) atoms. The summed E-state index contributed by atoms with van der Waals surface area (Å²) in [6.45, 7) is 0. The number of rotatable bonds is 2. The van der Waals surface area contributed by atoms with Crippen molar-refractivity contribution in [3.05, 3.63) is 103 Å². The molecule has 4 aromatic carbocycles. The summed E-state index contributed by atoms with van der Waals surface area (Å²) in [4.78, 5) is 0. The van der Waals surface area contributed by atoms with Crippen LogP contribution in [0.5, 0.6) is 0 Å². The first-order chi connectivity index (χ1) is 14.4. The van der Waals surface area contributed by atoms with Gasteiger partial charge in [0, 0.05) is 28.2 Å². The van der Waals surface area contributed by atoms with Gasteiger partial charge in [0.15, 0.2) is 0 Å². The number of para-hydroxylation sites is 1. The van der Waals surface area contributed by atoms with Crippen LogP contribution in [0.4, 0.5) is 0 Å². The molecule has 0 aliphatic heterocycles. The van der Waals surface area contributed by atoms with E-state index < -0.39 is 0 Å². The van der Waals surface area contributed by atoms with Crippen LogP contribution in [0.15, 0.2) is 103 Å². The van der Waals surface area contributed by atoms with Gasteiger partial charge >= 0.3 is 0 Å². The molecule has 0 unspecified atom stereocenters. The molecule has 0 spiro atoms. The van der Waals surface area contributed by atoms with Gasteiger partial charge in [-0.2, -0.15) is 0 Å². The largest absolute Gasteiger partial charge is 0.317 e. The molecule has 0 saturated carbocycles. The van der Waals surface area contributed by atoms with E-state index in [-0.39, 0.29) is 0 Å². The van der Waals surface area contributed by atoms with E-state index in [4.69, 9.17) is 0 Å². The first kappa shape index (κ1) is 16.0. The van der Waals surface area contributed by atoms with Crippen LogP contribution in [0.25, 0.3) is 49.5 Å². The Morgan fingerprint density at radius 2 is 1.38 bits per heavy atom. The zero-order chi connectivity index (χ0) is 19.2. The van der Waals surface area contributed by atoms with Crippen LogP contribution in [-0.4, -0.2) is 14.8 Å². The summed E-state index contributed by atoms with van der Waals surface area (Å²) in [6.07, 6.45) is 2.12. The fraction of sp³-hybridized carbons (Fsp3) is 0. The minimum Gasteiger partial charge on any atom is -0.317 e. The monoisotopic (exact) mass is 371 g/mol. The normalized spacial score (nSPS) is 11.4. The third-order valence-corrected chi connectivity index (χ3v) is 5.50. The first-order valence-corrected chi connectivity index (χ1v) is 9.69. The maximum Gasteiger partial charge on any atom is 0.0942 e. The van der Waals surface area contributed by atoms with Crippen molar-refractivity contribution >= 4 is 32.6 Å². The Bertz CT molecular complexity index is 1500. The van der Waals surface area contributed by atoms with Gasteiger partial charge in [-0.3, -0.25) is 0 Å². The van der Waals surface area contributed by atoms with Crippen molar-refractivity contribution in [3.8, 4) is 16.9 Å². The van der Waals surface area contributed by atoms with Gasteiger partial charge in [-0.1, -0.05) is 54.6 Å². The maximum absolute atomic E-state index is 4.56. The molecule has 0 saturated heterocycles. The second kappa shape index (κ2) is 6.28. The second-order valence-electron chi connectivity index (χ2n) is 7.25. The van der Waals surface area contributed by atoms with Crippen LogP contribution >= 0.6 is 0 Å². The zero-order valence-electron chi connectivity index (χ0n) is 15.7. The molecule has 3 nitrogen and oxygen atoms in total. The number of fused-ring (bicyclic) bond motifs is 3. The first-order valence-electron chi connectivity index (χ1n) is 9.69. The highest BCUT2D eigenvalue weighted by molar-refractivity contribution is 6.00. The minimum absolute atomic E-state index is 0.893. The van der Waals surface area contributed by atoms with Gasteiger partial charge in [-0.05, 0) is 53.2 Å². The lowest BCUT2D eigenvalue weighted by Crippen LogP contribution is -1.92. The van der Waals surface area contributed by atoms with Gasteiger partial charge in [0.05, 0.1) is 16.7 Å². The molecule has 6 aromatic rings. The molecule has 0 atom stereocenters. The average molecular weight is 371 g/mol. The molecule has 0 bridgehead atoms. The van der Waals surface area contributed by atoms with E-state index in [1.165, 1.54) is 16.2 Å². The number of hydrogen-bond donors (Lipinski definition) is 0. The Kier molecular flexibility index (Phi) is 3.47. The fourth-order valence-electron chi connectivity index (χ4n) is 4.07. The average Bonchev–Trinajstić information content (AvgIpc) is 3.22. The molecule has 0 fully saturated rings. The van der Waals surface area contributed by atoms with Gasteiger partial charge in [0.2, 0.25) is 0 Å². The van der Waals surface area contributed by atoms with Gasteiger partial charge in [-0.15, -0.1) is 10.2 Å². The van der Waals surface area contributed by atoms with Crippen molar-refractivity contribution < 1.29 is 0 Å². The highest BCUT2D eigenvalue weighted by Crippen LogP contribution is 2.31. The Morgan fingerprint density at radius 3 is 2.24 bits per heavy atom. The van der Waals surface area contributed by atoms with E-state index in [1.807, 2.05) is 12.1 Å². The zero-order valence-corrected chi connectivity index (χ0v) is 15.7. The van der Waals surface area contributed by atoms with Crippen molar-refractivity contribution in [1.29, 1.82) is 0 Å². The van der Waals surface area contributed by atoms with Crippen LogP contribution in [0.2, 0.25) is 0 Å². The molecule has 2 aromatic heterocycles. The summed E-state index contributed by atoms with van der Waals surface area (Å²) in [5.41, 5.74) is 5.22. The SMILES string of the molecule is c1ccc(-n2ccc3c(-c4cc5cc6ccccc6cc5nn4)cccc32)cc1. The van der Waals surface area contributed by atoms with Gasteiger partial charge in [-0.25, -0.2) is 0 Å². The molecule has 2 heterocycles. The molecular formula is C26H17N3. The third kappa shape index (κ3) is 2.59. The molecule has 0 amide bonds. The molecule has 3 heteroatoms. The molecule has 0 aliphatic carbocycles. The summed E-state index contributed by atoms with van der Waals surface area (Å²) in [5, 5.41) is 13.8. The Hall–Kier alpha value is -3.98. The topological polar surface area (TPSA) is 30.7 Å². The van der Waals surface area contributed by atoms with Gasteiger partial charge < -0.3 is 4.57 Å². The smallest absolute Gasteiger partial charge is 0.0942 e. The van der Waals surface area contributed by atoms with E-state index in [9.17, 15) is 0 Å². The Labute approximate surface area is 167 Å². The minimum atomic E-state index is 0.893. The highest BCUT2D eigenvalue weighted by Gasteiger charge is 2.11. The fourth-order valence-corrected chi connectivity index (χ4v) is 4.07. The molecule has 0 radical (unpaired) electrons. The predicted molar refractivity (Wildman–Crippen MR) is 119 cm³/mol. The van der Waals surface area contributed by atoms with Crippen molar-refractivity contribution in [3.63, 3.8) is 0 Å². The van der Waals surface area contributed by atoms with Crippen molar-refractivity contribution in [1.82, 2.24) is 14.8 Å². The summed E-state index contributed by atoms with van der Waals surface area (Å²) < 4.78 is 2.21. The van der Waals surface area contributed by atoms with E-state index in [0.29, 0.717) is 0 Å². The maximum atomic E-state index is 4.56. The lowest BCUT2D eigenvalue weighted by molar-refractivity contribution is 1.08. The molecule has 6 rings (SSSR count). The van der Waals surface area contributed by atoms with Crippen LogP contribution < -0.4 is 0 Å². The summed E-state index contributed by atoms with van der Waals surface area (Å²) >= 11 is 0. The van der Waals surface area contributed by atoms with E-state index in [1.54, 1.807) is 0 Å². The molecular weight excluding hydrogens is 354 g/mol. The van der Waals surface area contributed by atoms with Crippen LogP contribution in [0, 0.1) is 0 Å². The lowest BCUT2D eigenvalue weighted by atomic mass is 10.0. The standard InChI is InChI=1S/C26H17N3/c1-2-9-21(10-3-1)29-14-13-23-22(11-6-12-26(23)29)25-17-20-15-18-7-4-5-8-19(18)16-24(20)27-28-25/h1-17H. The highest BCUT2D eigenvalue weighted by atomic mass is 15.1. The molecule has 0 N–H and O–H groups in total. The van der Waals surface area contributed by atoms with Gasteiger partial charge in [0.25, 0.3) is 0 Å². The Balaban J connectivity index is 1.55. The number of hydrogen-bond acceptors (Lipinski definition) is 2.